The zero-order valence-corrected chi connectivity index (χ0v) is 16.2. The molecule has 0 heterocycles. The summed E-state index contributed by atoms with van der Waals surface area (Å²) in [5.41, 5.74) is 5.62. The second kappa shape index (κ2) is 8.15. The molecule has 0 bridgehead atoms. The van der Waals surface area contributed by atoms with E-state index in [1.165, 1.54) is 22.3 Å². The van der Waals surface area contributed by atoms with E-state index in [0.717, 1.165) is 0 Å². The van der Waals surface area contributed by atoms with E-state index in [1.807, 2.05) is 18.2 Å². The van der Waals surface area contributed by atoms with Crippen molar-refractivity contribution in [2.75, 3.05) is 0 Å². The minimum absolute atomic E-state index is 0.213. The van der Waals surface area contributed by atoms with Crippen molar-refractivity contribution in [1.29, 1.82) is 0 Å². The number of hydrogen-bond acceptors (Lipinski definition) is 0. The zero-order valence-electron chi connectivity index (χ0n) is 16.2. The predicted molar refractivity (Wildman–Crippen MR) is 110 cm³/mol. The second-order valence-corrected chi connectivity index (χ2v) is 8.12. The van der Waals surface area contributed by atoms with Crippen molar-refractivity contribution in [1.82, 2.24) is 0 Å². The van der Waals surface area contributed by atoms with Crippen LogP contribution < -0.4 is 0 Å². The molecule has 24 heavy (non-hydrogen) atoms. The van der Waals surface area contributed by atoms with E-state index in [-0.39, 0.29) is 10.8 Å². The highest BCUT2D eigenvalue weighted by Crippen LogP contribution is 2.26. The lowest BCUT2D eigenvalue weighted by Crippen LogP contribution is -2.12. The Labute approximate surface area is 148 Å². The molecule has 0 aliphatic rings. The van der Waals surface area contributed by atoms with Crippen LogP contribution >= 0.6 is 0 Å². The van der Waals surface area contributed by atoms with E-state index in [4.69, 9.17) is 0 Å². The highest BCUT2D eigenvalue weighted by molar-refractivity contribution is 5.53. The lowest BCUT2D eigenvalue weighted by molar-refractivity contribution is 0.589. The lowest BCUT2D eigenvalue weighted by atomic mass is 9.84. The molecule has 0 spiro atoms. The lowest BCUT2D eigenvalue weighted by Gasteiger charge is -2.21. The topological polar surface area (TPSA) is 0 Å². The predicted octanol–water partition coefficient (Wildman–Crippen LogP) is 7.25. The number of benzene rings is 2. The molecule has 0 saturated carbocycles. The van der Waals surface area contributed by atoms with Crippen molar-refractivity contribution in [2.45, 2.75) is 52.4 Å². The van der Waals surface area contributed by atoms with Crippen LogP contribution in [0.2, 0.25) is 0 Å². The third-order valence-corrected chi connectivity index (χ3v) is 4.00. The number of hydrogen-bond donors (Lipinski definition) is 0. The summed E-state index contributed by atoms with van der Waals surface area (Å²) in [4.78, 5) is 0. The summed E-state index contributed by atoms with van der Waals surface area (Å²) >= 11 is 0. The molecule has 0 amide bonds. The summed E-state index contributed by atoms with van der Waals surface area (Å²) in [6.45, 7) is 20.8. The molecule has 0 fully saturated rings. The van der Waals surface area contributed by atoms with Crippen LogP contribution in [0.15, 0.2) is 61.7 Å². The van der Waals surface area contributed by atoms with Crippen molar-refractivity contribution >= 4 is 12.2 Å². The van der Waals surface area contributed by atoms with Crippen molar-refractivity contribution in [3.8, 4) is 0 Å². The summed E-state index contributed by atoms with van der Waals surface area (Å²) in [5.74, 6) is 0. The van der Waals surface area contributed by atoms with Crippen LogP contribution in [0.4, 0.5) is 0 Å². The first kappa shape index (κ1) is 20.0. The van der Waals surface area contributed by atoms with Gasteiger partial charge in [0.1, 0.15) is 0 Å². The van der Waals surface area contributed by atoms with Gasteiger partial charge >= 0.3 is 0 Å². The van der Waals surface area contributed by atoms with Crippen LogP contribution in [0.1, 0.15) is 63.8 Å². The van der Waals surface area contributed by atoms with Gasteiger partial charge in [-0.2, -0.15) is 0 Å². The van der Waals surface area contributed by atoms with E-state index in [1.54, 1.807) is 0 Å². The van der Waals surface area contributed by atoms with Crippen LogP contribution in [0.5, 0.6) is 0 Å². The molecule has 0 radical (unpaired) electrons. The van der Waals surface area contributed by atoms with Crippen LogP contribution in [0, 0.1) is 0 Å². The smallest absolute Gasteiger partial charge is 0.0126 e. The molecule has 0 saturated heterocycles. The third kappa shape index (κ3) is 5.85. The monoisotopic (exact) mass is 320 g/mol. The molecule has 0 aromatic heterocycles. The van der Waals surface area contributed by atoms with Crippen molar-refractivity contribution < 1.29 is 0 Å². The summed E-state index contributed by atoms with van der Waals surface area (Å²) < 4.78 is 0. The summed E-state index contributed by atoms with van der Waals surface area (Å²) in [7, 11) is 0. The standard InChI is InChI=1S/2C12H16/c1-5-10-6-8-11(9-7-10)12(2,3)4;1-5-10-8-6-7-9-11(10)12(2,3)4/h2*5-9H,1H2,2-4H3. The fourth-order valence-electron chi connectivity index (χ4n) is 2.48. The Balaban J connectivity index is 0.000000240. The van der Waals surface area contributed by atoms with E-state index in [9.17, 15) is 0 Å². The Hall–Kier alpha value is -2.08. The van der Waals surface area contributed by atoms with E-state index >= 15 is 0 Å². The maximum atomic E-state index is 3.81. The SMILES string of the molecule is C=Cc1ccc(C(C)(C)C)cc1.C=Cc1ccccc1C(C)(C)C. The molecule has 0 N–H and O–H groups in total. The van der Waals surface area contributed by atoms with Gasteiger partial charge in [0.15, 0.2) is 0 Å². The van der Waals surface area contributed by atoms with E-state index < -0.39 is 0 Å². The Morgan fingerprint density at radius 1 is 0.667 bits per heavy atom. The van der Waals surface area contributed by atoms with Crippen molar-refractivity contribution in [3.05, 3.63) is 83.9 Å². The third-order valence-electron chi connectivity index (χ3n) is 4.00. The van der Waals surface area contributed by atoms with Crippen LogP contribution in [-0.2, 0) is 10.8 Å². The number of rotatable bonds is 2. The minimum atomic E-state index is 0.213. The van der Waals surface area contributed by atoms with Gasteiger partial charge in [0.05, 0.1) is 0 Å². The van der Waals surface area contributed by atoms with Gasteiger partial charge < -0.3 is 0 Å². The summed E-state index contributed by atoms with van der Waals surface area (Å²) in [5, 5.41) is 0. The maximum Gasteiger partial charge on any atom is -0.0126 e. The first-order chi connectivity index (χ1) is 11.1. The molecular weight excluding hydrogens is 288 g/mol. The Kier molecular flexibility index (Phi) is 6.78. The average molecular weight is 321 g/mol. The van der Waals surface area contributed by atoms with E-state index in [2.05, 4.69) is 97.2 Å². The van der Waals surface area contributed by atoms with Gasteiger partial charge in [-0.05, 0) is 33.1 Å². The van der Waals surface area contributed by atoms with Gasteiger partial charge in [0.25, 0.3) is 0 Å². The average Bonchev–Trinajstić information content (AvgIpc) is 2.54. The minimum Gasteiger partial charge on any atom is -0.0985 e. The van der Waals surface area contributed by atoms with Gasteiger partial charge in [-0.25, -0.2) is 0 Å². The fourth-order valence-corrected chi connectivity index (χ4v) is 2.48. The first-order valence-electron chi connectivity index (χ1n) is 8.54. The van der Waals surface area contributed by atoms with Crippen molar-refractivity contribution in [2.24, 2.45) is 0 Å². The molecule has 128 valence electrons. The normalized spacial score (nSPS) is 11.2. The second-order valence-electron chi connectivity index (χ2n) is 8.12. The van der Waals surface area contributed by atoms with E-state index in [0.29, 0.717) is 0 Å². The molecule has 0 atom stereocenters. The fraction of sp³-hybridized carbons (Fsp3) is 0.333. The Morgan fingerprint density at radius 3 is 1.58 bits per heavy atom. The highest BCUT2D eigenvalue weighted by atomic mass is 14.2. The maximum absolute atomic E-state index is 3.81. The van der Waals surface area contributed by atoms with Crippen LogP contribution in [-0.4, -0.2) is 0 Å². The van der Waals surface area contributed by atoms with Gasteiger partial charge in [-0.15, -0.1) is 0 Å². The van der Waals surface area contributed by atoms with Gasteiger partial charge in [-0.1, -0.05) is 115 Å². The van der Waals surface area contributed by atoms with Gasteiger partial charge in [-0.3, -0.25) is 0 Å². The molecule has 0 aliphatic carbocycles. The zero-order chi connectivity index (χ0) is 18.4. The first-order valence-corrected chi connectivity index (χ1v) is 8.54. The molecule has 0 nitrogen and oxygen atoms in total. The molecule has 2 rings (SSSR count). The Morgan fingerprint density at radius 2 is 1.21 bits per heavy atom. The van der Waals surface area contributed by atoms with Gasteiger partial charge in [0.2, 0.25) is 0 Å². The highest BCUT2D eigenvalue weighted by Gasteiger charge is 2.15. The molecule has 2 aromatic carbocycles. The summed E-state index contributed by atoms with van der Waals surface area (Å²) in [6.07, 6.45) is 3.78. The molecule has 0 aliphatic heterocycles. The van der Waals surface area contributed by atoms with Crippen LogP contribution in [0.25, 0.3) is 12.2 Å². The van der Waals surface area contributed by atoms with Crippen LogP contribution in [0.3, 0.4) is 0 Å². The molecule has 0 unspecified atom stereocenters. The summed E-state index contributed by atoms with van der Waals surface area (Å²) in [6, 6.07) is 16.9. The largest absolute Gasteiger partial charge is 0.0985 e. The van der Waals surface area contributed by atoms with Crippen molar-refractivity contribution in [3.63, 3.8) is 0 Å². The Bertz CT molecular complexity index is 658. The quantitative estimate of drug-likeness (QED) is 0.546. The van der Waals surface area contributed by atoms with Gasteiger partial charge in [0, 0.05) is 0 Å². The molecular formula is C24H32. The molecule has 2 aromatic rings. The molecule has 0 heteroatoms.